The van der Waals surface area contributed by atoms with Gasteiger partial charge in [-0.05, 0) is 36.6 Å². The fraction of sp³-hybridized carbons (Fsp3) is 0.625. The summed E-state index contributed by atoms with van der Waals surface area (Å²) in [5.74, 6) is 0.662. The second-order valence-electron chi connectivity index (χ2n) is 5.92. The van der Waals surface area contributed by atoms with Crippen LogP contribution in [0.5, 0.6) is 0 Å². The summed E-state index contributed by atoms with van der Waals surface area (Å²) in [7, 11) is 4.15. The molecule has 2 atom stereocenters. The van der Waals surface area contributed by atoms with Gasteiger partial charge < -0.3 is 10.6 Å². The lowest BCUT2D eigenvalue weighted by atomic mass is 9.90. The molecule has 1 aliphatic heterocycles. The first-order valence-corrected chi connectivity index (χ1v) is 7.34. The van der Waals surface area contributed by atoms with Gasteiger partial charge in [-0.2, -0.15) is 0 Å². The molecule has 2 rings (SSSR count). The van der Waals surface area contributed by atoms with E-state index in [2.05, 4.69) is 55.1 Å². The van der Waals surface area contributed by atoms with Gasteiger partial charge in [0.1, 0.15) is 0 Å². The molecule has 0 spiro atoms. The van der Waals surface area contributed by atoms with Crippen LogP contribution in [0.15, 0.2) is 24.3 Å². The topological polar surface area (TPSA) is 32.5 Å². The lowest BCUT2D eigenvalue weighted by Gasteiger charge is -2.36. The fourth-order valence-electron chi connectivity index (χ4n) is 2.86. The minimum atomic E-state index is 0.400. The molecule has 0 saturated carbocycles. The second kappa shape index (κ2) is 6.40. The Morgan fingerprint density at radius 2 is 1.95 bits per heavy atom. The number of anilines is 1. The molecule has 19 heavy (non-hydrogen) atoms. The second-order valence-corrected chi connectivity index (χ2v) is 5.92. The van der Waals surface area contributed by atoms with E-state index in [4.69, 9.17) is 5.73 Å². The van der Waals surface area contributed by atoms with E-state index in [1.165, 1.54) is 17.7 Å². The maximum atomic E-state index is 6.17. The smallest absolute Gasteiger partial charge is 0.0361 e. The van der Waals surface area contributed by atoms with Crippen LogP contribution in [0, 0.1) is 5.92 Å². The molecular weight excluding hydrogens is 234 g/mol. The van der Waals surface area contributed by atoms with Gasteiger partial charge in [0.05, 0.1) is 0 Å². The van der Waals surface area contributed by atoms with Crippen LogP contribution in [0.3, 0.4) is 0 Å². The first-order chi connectivity index (χ1) is 9.10. The van der Waals surface area contributed by atoms with E-state index in [9.17, 15) is 0 Å². The minimum Gasteiger partial charge on any atom is -0.378 e. The summed E-state index contributed by atoms with van der Waals surface area (Å²) in [6.45, 7) is 5.58. The van der Waals surface area contributed by atoms with Crippen molar-refractivity contribution < 1.29 is 0 Å². The van der Waals surface area contributed by atoms with E-state index < -0.39 is 0 Å². The summed E-state index contributed by atoms with van der Waals surface area (Å²) in [6.07, 6.45) is 2.32. The van der Waals surface area contributed by atoms with Gasteiger partial charge in [-0.15, -0.1) is 0 Å². The van der Waals surface area contributed by atoms with Crippen molar-refractivity contribution in [3.05, 3.63) is 29.8 Å². The summed E-state index contributed by atoms with van der Waals surface area (Å²) >= 11 is 0. The molecule has 1 heterocycles. The SMILES string of the molecule is CCC1CN(Cc2ccc(N(C)C)cc2)CCC1N. The van der Waals surface area contributed by atoms with Crippen molar-refractivity contribution in [2.24, 2.45) is 11.7 Å². The van der Waals surface area contributed by atoms with Crippen LogP contribution in [-0.2, 0) is 6.54 Å². The molecular formula is C16H27N3. The fourth-order valence-corrected chi connectivity index (χ4v) is 2.86. The molecule has 0 radical (unpaired) electrons. The Morgan fingerprint density at radius 3 is 2.53 bits per heavy atom. The molecule has 0 aliphatic carbocycles. The Morgan fingerprint density at radius 1 is 1.26 bits per heavy atom. The molecule has 3 heteroatoms. The van der Waals surface area contributed by atoms with Crippen LogP contribution >= 0.6 is 0 Å². The summed E-state index contributed by atoms with van der Waals surface area (Å²) in [5, 5.41) is 0. The Bertz CT molecular complexity index is 385. The largest absolute Gasteiger partial charge is 0.378 e. The van der Waals surface area contributed by atoms with Crippen molar-refractivity contribution in [3.63, 3.8) is 0 Å². The van der Waals surface area contributed by atoms with Crippen LogP contribution in [0.4, 0.5) is 5.69 Å². The van der Waals surface area contributed by atoms with E-state index in [-0.39, 0.29) is 0 Å². The highest BCUT2D eigenvalue weighted by Gasteiger charge is 2.24. The number of nitrogens with zero attached hydrogens (tertiary/aromatic N) is 2. The van der Waals surface area contributed by atoms with E-state index in [1.54, 1.807) is 0 Å². The van der Waals surface area contributed by atoms with Crippen molar-refractivity contribution in [1.29, 1.82) is 0 Å². The number of hydrogen-bond donors (Lipinski definition) is 1. The highest BCUT2D eigenvalue weighted by atomic mass is 15.1. The highest BCUT2D eigenvalue weighted by Crippen LogP contribution is 2.21. The van der Waals surface area contributed by atoms with Crippen molar-refractivity contribution in [1.82, 2.24) is 4.90 Å². The zero-order valence-electron chi connectivity index (χ0n) is 12.5. The zero-order chi connectivity index (χ0) is 13.8. The molecule has 3 nitrogen and oxygen atoms in total. The summed E-state index contributed by atoms with van der Waals surface area (Å²) in [5.41, 5.74) is 8.83. The Labute approximate surface area is 117 Å². The van der Waals surface area contributed by atoms with E-state index in [0.717, 1.165) is 26.1 Å². The van der Waals surface area contributed by atoms with E-state index in [1.807, 2.05) is 0 Å². The maximum absolute atomic E-state index is 6.17. The van der Waals surface area contributed by atoms with Crippen molar-refractivity contribution >= 4 is 5.69 Å². The molecule has 1 aromatic carbocycles. The third kappa shape index (κ3) is 3.71. The van der Waals surface area contributed by atoms with Gasteiger partial charge in [-0.3, -0.25) is 4.90 Å². The van der Waals surface area contributed by atoms with Gasteiger partial charge in [0.15, 0.2) is 0 Å². The monoisotopic (exact) mass is 261 g/mol. The predicted molar refractivity (Wildman–Crippen MR) is 82.4 cm³/mol. The lowest BCUT2D eigenvalue weighted by Crippen LogP contribution is -2.46. The average Bonchev–Trinajstić information content (AvgIpc) is 2.41. The number of likely N-dealkylation sites (tertiary alicyclic amines) is 1. The van der Waals surface area contributed by atoms with Crippen LogP contribution in [0.1, 0.15) is 25.3 Å². The third-order valence-electron chi connectivity index (χ3n) is 4.26. The molecule has 0 amide bonds. The molecule has 1 fully saturated rings. The van der Waals surface area contributed by atoms with Gasteiger partial charge in [0, 0.05) is 38.9 Å². The molecule has 1 saturated heterocycles. The van der Waals surface area contributed by atoms with Gasteiger partial charge in [0.2, 0.25) is 0 Å². The number of rotatable bonds is 4. The summed E-state index contributed by atoms with van der Waals surface area (Å²) in [4.78, 5) is 4.68. The average molecular weight is 261 g/mol. The van der Waals surface area contributed by atoms with Crippen LogP contribution in [-0.4, -0.2) is 38.1 Å². The number of nitrogens with two attached hydrogens (primary N) is 1. The van der Waals surface area contributed by atoms with Crippen molar-refractivity contribution in [3.8, 4) is 0 Å². The number of hydrogen-bond acceptors (Lipinski definition) is 3. The quantitative estimate of drug-likeness (QED) is 0.903. The van der Waals surface area contributed by atoms with E-state index >= 15 is 0 Å². The molecule has 0 aromatic heterocycles. The number of benzene rings is 1. The third-order valence-corrected chi connectivity index (χ3v) is 4.26. The number of piperidine rings is 1. The zero-order valence-corrected chi connectivity index (χ0v) is 12.5. The molecule has 2 N–H and O–H groups in total. The van der Waals surface area contributed by atoms with Crippen LogP contribution in [0.25, 0.3) is 0 Å². The Hall–Kier alpha value is -1.06. The molecule has 1 aromatic rings. The van der Waals surface area contributed by atoms with Crippen LogP contribution < -0.4 is 10.6 Å². The Kier molecular flexibility index (Phi) is 4.83. The molecule has 0 bridgehead atoms. The summed E-state index contributed by atoms with van der Waals surface area (Å²) < 4.78 is 0. The minimum absolute atomic E-state index is 0.400. The predicted octanol–water partition coefficient (Wildman–Crippen LogP) is 2.31. The molecule has 1 aliphatic rings. The van der Waals surface area contributed by atoms with Gasteiger partial charge in [0.25, 0.3) is 0 Å². The van der Waals surface area contributed by atoms with Crippen LogP contribution in [0.2, 0.25) is 0 Å². The van der Waals surface area contributed by atoms with Gasteiger partial charge >= 0.3 is 0 Å². The highest BCUT2D eigenvalue weighted by molar-refractivity contribution is 5.45. The van der Waals surface area contributed by atoms with Gasteiger partial charge in [-0.25, -0.2) is 0 Å². The van der Waals surface area contributed by atoms with Gasteiger partial charge in [-0.1, -0.05) is 25.5 Å². The Balaban J connectivity index is 1.94. The normalized spacial score (nSPS) is 24.4. The van der Waals surface area contributed by atoms with E-state index in [0.29, 0.717) is 12.0 Å². The standard InChI is InChI=1S/C16H27N3/c1-4-14-12-19(10-9-16(14)17)11-13-5-7-15(8-6-13)18(2)3/h5-8,14,16H,4,9-12,17H2,1-3H3. The lowest BCUT2D eigenvalue weighted by molar-refractivity contribution is 0.145. The van der Waals surface area contributed by atoms with Crippen molar-refractivity contribution in [2.75, 3.05) is 32.1 Å². The molecule has 106 valence electrons. The maximum Gasteiger partial charge on any atom is 0.0361 e. The summed E-state index contributed by atoms with van der Waals surface area (Å²) in [6, 6.07) is 9.28. The molecule has 2 unspecified atom stereocenters. The van der Waals surface area contributed by atoms with Crippen molar-refractivity contribution in [2.45, 2.75) is 32.4 Å². The first-order valence-electron chi connectivity index (χ1n) is 7.34. The first kappa shape index (κ1) is 14.4.